The van der Waals surface area contributed by atoms with Crippen LogP contribution in [-0.2, 0) is 15.1 Å². The minimum atomic E-state index is -0.926. The van der Waals surface area contributed by atoms with Gasteiger partial charge in [-0.15, -0.1) is 0 Å². The SMILES string of the molecule is CC[C@@](CC(=O)O)(NC(C)=O)c1ccccc1. The second-order valence-electron chi connectivity index (χ2n) is 4.05. The fourth-order valence-corrected chi connectivity index (χ4v) is 1.99. The van der Waals surface area contributed by atoms with E-state index in [4.69, 9.17) is 5.11 Å². The Morgan fingerprint density at radius 2 is 1.88 bits per heavy atom. The number of amides is 1. The van der Waals surface area contributed by atoms with Crippen LogP contribution in [0.4, 0.5) is 0 Å². The van der Waals surface area contributed by atoms with Gasteiger partial charge in [-0.3, -0.25) is 9.59 Å². The normalized spacial score (nSPS) is 13.8. The summed E-state index contributed by atoms with van der Waals surface area (Å²) in [5.74, 6) is -1.15. The number of carboxylic acid groups (broad SMARTS) is 1. The van der Waals surface area contributed by atoms with E-state index in [1.165, 1.54) is 6.92 Å². The molecule has 0 aliphatic heterocycles. The number of hydrogen-bond donors (Lipinski definition) is 2. The molecule has 1 atom stereocenters. The molecule has 0 saturated heterocycles. The van der Waals surface area contributed by atoms with Crippen molar-refractivity contribution in [1.82, 2.24) is 5.32 Å². The largest absolute Gasteiger partial charge is 0.481 e. The first kappa shape index (κ1) is 13.2. The first-order valence-corrected chi connectivity index (χ1v) is 5.56. The molecule has 92 valence electrons. The molecule has 0 spiro atoms. The third kappa shape index (κ3) is 3.31. The highest BCUT2D eigenvalue weighted by Crippen LogP contribution is 2.28. The Hall–Kier alpha value is -1.84. The van der Waals surface area contributed by atoms with Gasteiger partial charge in [-0.25, -0.2) is 0 Å². The molecule has 2 N–H and O–H groups in total. The molecule has 0 unspecified atom stereocenters. The van der Waals surface area contributed by atoms with Gasteiger partial charge >= 0.3 is 5.97 Å². The maximum Gasteiger partial charge on any atom is 0.306 e. The Morgan fingerprint density at radius 3 is 2.29 bits per heavy atom. The van der Waals surface area contributed by atoms with Gasteiger partial charge in [0.15, 0.2) is 0 Å². The molecule has 1 amide bonds. The molecule has 0 aromatic heterocycles. The lowest BCUT2D eigenvalue weighted by molar-refractivity contribution is -0.139. The quantitative estimate of drug-likeness (QED) is 0.819. The number of carbonyl (C=O) groups is 2. The maximum atomic E-state index is 11.3. The van der Waals surface area contributed by atoms with Crippen LogP contribution in [0.1, 0.15) is 32.3 Å². The minimum absolute atomic E-state index is 0.118. The molecule has 0 radical (unpaired) electrons. The van der Waals surface area contributed by atoms with Gasteiger partial charge in [-0.2, -0.15) is 0 Å². The summed E-state index contributed by atoms with van der Waals surface area (Å²) in [6, 6.07) is 9.20. The molecule has 0 fully saturated rings. The molecule has 0 aliphatic carbocycles. The zero-order valence-electron chi connectivity index (χ0n) is 10.1. The molecule has 1 aromatic carbocycles. The van der Waals surface area contributed by atoms with Crippen LogP contribution in [0, 0.1) is 0 Å². The summed E-state index contributed by atoms with van der Waals surface area (Å²) in [5.41, 5.74) is -0.000972. The number of hydrogen-bond acceptors (Lipinski definition) is 2. The van der Waals surface area contributed by atoms with Gasteiger partial charge in [0, 0.05) is 6.92 Å². The number of rotatable bonds is 5. The zero-order chi connectivity index (χ0) is 12.9. The molecule has 17 heavy (non-hydrogen) atoms. The van der Waals surface area contributed by atoms with E-state index >= 15 is 0 Å². The van der Waals surface area contributed by atoms with E-state index < -0.39 is 11.5 Å². The van der Waals surface area contributed by atoms with E-state index in [2.05, 4.69) is 5.32 Å². The number of carboxylic acids is 1. The Labute approximate surface area is 101 Å². The van der Waals surface area contributed by atoms with Gasteiger partial charge in [0.25, 0.3) is 0 Å². The summed E-state index contributed by atoms with van der Waals surface area (Å²) >= 11 is 0. The molecular weight excluding hydrogens is 218 g/mol. The van der Waals surface area contributed by atoms with E-state index in [1.807, 2.05) is 37.3 Å². The third-order valence-corrected chi connectivity index (χ3v) is 2.80. The maximum absolute atomic E-state index is 11.3. The van der Waals surface area contributed by atoms with E-state index in [0.29, 0.717) is 6.42 Å². The Balaban J connectivity index is 3.15. The second-order valence-corrected chi connectivity index (χ2v) is 4.05. The van der Waals surface area contributed by atoms with Crippen LogP contribution in [-0.4, -0.2) is 17.0 Å². The first-order valence-electron chi connectivity index (χ1n) is 5.56. The van der Waals surface area contributed by atoms with Crippen LogP contribution in [0.15, 0.2) is 30.3 Å². The highest BCUT2D eigenvalue weighted by molar-refractivity contribution is 5.76. The average molecular weight is 235 g/mol. The van der Waals surface area contributed by atoms with Gasteiger partial charge < -0.3 is 10.4 Å². The molecule has 4 nitrogen and oxygen atoms in total. The highest BCUT2D eigenvalue weighted by atomic mass is 16.4. The van der Waals surface area contributed by atoms with Crippen molar-refractivity contribution in [2.75, 3.05) is 0 Å². The van der Waals surface area contributed by atoms with Crippen molar-refractivity contribution < 1.29 is 14.7 Å². The van der Waals surface area contributed by atoms with Crippen molar-refractivity contribution in [3.05, 3.63) is 35.9 Å². The van der Waals surface area contributed by atoms with E-state index in [1.54, 1.807) is 0 Å². The molecule has 0 bridgehead atoms. The average Bonchev–Trinajstić information content (AvgIpc) is 2.28. The van der Waals surface area contributed by atoms with Crippen LogP contribution in [0.3, 0.4) is 0 Å². The molecular formula is C13H17NO3. The fourth-order valence-electron chi connectivity index (χ4n) is 1.99. The standard InChI is InChI=1S/C13H17NO3/c1-3-13(9-12(16)17,14-10(2)15)11-7-5-4-6-8-11/h4-8H,3,9H2,1-2H3,(H,14,15)(H,16,17)/t13-/m0/s1. The fraction of sp³-hybridized carbons (Fsp3) is 0.385. The lowest BCUT2D eigenvalue weighted by Crippen LogP contribution is -2.46. The summed E-state index contributed by atoms with van der Waals surface area (Å²) in [6.45, 7) is 3.26. The van der Waals surface area contributed by atoms with Crippen molar-refractivity contribution in [1.29, 1.82) is 0 Å². The van der Waals surface area contributed by atoms with E-state index in [-0.39, 0.29) is 12.3 Å². The van der Waals surface area contributed by atoms with Crippen LogP contribution < -0.4 is 5.32 Å². The monoisotopic (exact) mass is 235 g/mol. The lowest BCUT2D eigenvalue weighted by Gasteiger charge is -2.32. The topological polar surface area (TPSA) is 66.4 Å². The summed E-state index contributed by atoms with van der Waals surface area (Å²) in [7, 11) is 0. The van der Waals surface area contributed by atoms with Crippen molar-refractivity contribution >= 4 is 11.9 Å². The Bertz CT molecular complexity index is 384. The zero-order valence-corrected chi connectivity index (χ0v) is 10.1. The minimum Gasteiger partial charge on any atom is -0.481 e. The van der Waals surface area contributed by atoms with Gasteiger partial charge in [0.2, 0.25) is 5.91 Å². The van der Waals surface area contributed by atoms with Crippen LogP contribution in [0.25, 0.3) is 0 Å². The Morgan fingerprint density at radius 1 is 1.29 bits per heavy atom. The molecule has 1 aromatic rings. The predicted molar refractivity (Wildman–Crippen MR) is 64.5 cm³/mol. The second kappa shape index (κ2) is 5.48. The molecule has 0 heterocycles. The highest BCUT2D eigenvalue weighted by Gasteiger charge is 2.33. The van der Waals surface area contributed by atoms with E-state index in [0.717, 1.165) is 5.56 Å². The van der Waals surface area contributed by atoms with E-state index in [9.17, 15) is 9.59 Å². The van der Waals surface area contributed by atoms with Crippen molar-refractivity contribution in [2.45, 2.75) is 32.2 Å². The van der Waals surface area contributed by atoms with Crippen molar-refractivity contribution in [3.8, 4) is 0 Å². The lowest BCUT2D eigenvalue weighted by atomic mass is 9.84. The Kier molecular flexibility index (Phi) is 4.26. The number of nitrogens with one attached hydrogen (secondary N) is 1. The third-order valence-electron chi connectivity index (χ3n) is 2.80. The molecule has 0 aliphatic rings. The number of benzene rings is 1. The summed E-state index contributed by atoms with van der Waals surface area (Å²) in [6.07, 6.45) is 0.413. The summed E-state index contributed by atoms with van der Waals surface area (Å²) < 4.78 is 0. The summed E-state index contributed by atoms with van der Waals surface area (Å²) in [5, 5.41) is 11.8. The smallest absolute Gasteiger partial charge is 0.306 e. The van der Waals surface area contributed by atoms with Gasteiger partial charge in [0.1, 0.15) is 0 Å². The van der Waals surface area contributed by atoms with Crippen LogP contribution >= 0.6 is 0 Å². The van der Waals surface area contributed by atoms with Gasteiger partial charge in [-0.1, -0.05) is 37.3 Å². The number of carbonyl (C=O) groups excluding carboxylic acids is 1. The molecule has 1 rings (SSSR count). The summed E-state index contributed by atoms with van der Waals surface area (Å²) in [4.78, 5) is 22.2. The number of aliphatic carboxylic acids is 1. The van der Waals surface area contributed by atoms with Gasteiger partial charge in [-0.05, 0) is 12.0 Å². The van der Waals surface area contributed by atoms with Crippen molar-refractivity contribution in [3.63, 3.8) is 0 Å². The molecule has 0 saturated carbocycles. The van der Waals surface area contributed by atoms with Crippen LogP contribution in [0.5, 0.6) is 0 Å². The predicted octanol–water partition coefficient (Wildman–Crippen LogP) is 1.90. The van der Waals surface area contributed by atoms with Crippen LogP contribution in [0.2, 0.25) is 0 Å². The molecule has 4 heteroatoms. The first-order chi connectivity index (χ1) is 8.00. The van der Waals surface area contributed by atoms with Gasteiger partial charge in [0.05, 0.1) is 12.0 Å². The van der Waals surface area contributed by atoms with Crippen molar-refractivity contribution in [2.24, 2.45) is 0 Å².